The van der Waals surface area contributed by atoms with Crippen LogP contribution in [-0.2, 0) is 0 Å². The molecule has 23 rings (SSSR count). The maximum Gasteiger partial charge on any atom is 0.0542 e. The van der Waals surface area contributed by atoms with Gasteiger partial charge in [-0.1, -0.05) is 243 Å². The van der Waals surface area contributed by atoms with E-state index in [0.717, 1.165) is 67.3 Å². The molecule has 0 saturated carbocycles. The lowest BCUT2D eigenvalue weighted by atomic mass is 9.91. The lowest BCUT2D eigenvalue weighted by Crippen LogP contribution is -1.96. The first-order chi connectivity index (χ1) is 53.6. The third kappa shape index (κ3) is 8.95. The topological polar surface area (TPSA) is 29.6 Å². The summed E-state index contributed by atoms with van der Waals surface area (Å²) >= 11 is 0. The van der Waals surface area contributed by atoms with Crippen molar-refractivity contribution < 1.29 is 0 Å². The molecule has 6 nitrogen and oxygen atoms in total. The molecule has 0 amide bonds. The molecule has 0 radical (unpaired) electrons. The monoisotopic (exact) mass is 1370 g/mol. The summed E-state index contributed by atoms with van der Waals surface area (Å²) in [6.07, 6.45) is 9.21. The molecule has 0 spiro atoms. The van der Waals surface area contributed by atoms with Crippen molar-refractivity contribution in [1.82, 2.24) is 27.4 Å². The van der Waals surface area contributed by atoms with Gasteiger partial charge in [0, 0.05) is 98.8 Å². The quantitative estimate of drug-likeness (QED) is 0.0965. The van der Waals surface area contributed by atoms with E-state index in [9.17, 15) is 0 Å². The summed E-state index contributed by atoms with van der Waals surface area (Å²) in [6.45, 7) is 0. The molecular formula is C102H64N6. The molecular weight excluding hydrogens is 1310 g/mol. The molecule has 0 unspecified atom stereocenters. The van der Waals surface area contributed by atoms with E-state index in [2.05, 4.69) is 416 Å². The van der Waals surface area contributed by atoms with Crippen LogP contribution in [0.5, 0.6) is 0 Å². The summed E-state index contributed by atoms with van der Waals surface area (Å²) in [5.74, 6) is 0. The molecule has 0 N–H and O–H groups in total. The molecule has 0 fully saturated rings. The van der Waals surface area contributed by atoms with Gasteiger partial charge in [0.1, 0.15) is 0 Å². The fourth-order valence-corrected chi connectivity index (χ4v) is 18.3. The van der Waals surface area contributed by atoms with Crippen LogP contribution in [0, 0.1) is 0 Å². The number of nitrogens with zero attached hydrogens (tertiary/aromatic N) is 6. The van der Waals surface area contributed by atoms with Crippen LogP contribution in [0.3, 0.4) is 0 Å². The highest BCUT2D eigenvalue weighted by atomic mass is 15.0. The van der Waals surface area contributed by atoms with E-state index >= 15 is 0 Å². The van der Waals surface area contributed by atoms with Gasteiger partial charge in [-0.3, -0.25) is 0 Å². The number of aromatic nitrogens is 6. The zero-order chi connectivity index (χ0) is 70.7. The largest absolute Gasteiger partial charge is 0.309 e. The maximum absolute atomic E-state index is 2.45. The average molecular weight is 1370 g/mol. The van der Waals surface area contributed by atoms with Gasteiger partial charge in [-0.15, -0.1) is 0 Å². The lowest BCUT2D eigenvalue weighted by molar-refractivity contribution is 1.16. The highest BCUT2D eigenvalue weighted by Crippen LogP contribution is 2.44. The molecule has 108 heavy (non-hydrogen) atoms. The van der Waals surface area contributed by atoms with E-state index in [1.165, 1.54) is 141 Å². The van der Waals surface area contributed by atoms with Crippen molar-refractivity contribution in [1.29, 1.82) is 0 Å². The van der Waals surface area contributed by atoms with Crippen LogP contribution in [0.2, 0.25) is 0 Å². The van der Waals surface area contributed by atoms with E-state index in [-0.39, 0.29) is 0 Å². The Balaban J connectivity index is 0.600. The third-order valence-electron chi connectivity index (χ3n) is 23.0. The molecule has 23 aromatic rings. The second-order valence-electron chi connectivity index (χ2n) is 28.7. The first-order valence-electron chi connectivity index (χ1n) is 37.2. The van der Waals surface area contributed by atoms with Gasteiger partial charge in [-0.25, -0.2) is 0 Å². The summed E-state index contributed by atoms with van der Waals surface area (Å²) in [5, 5.41) is 19.6. The molecule has 0 bridgehead atoms. The van der Waals surface area contributed by atoms with Crippen LogP contribution in [0.1, 0.15) is 22.3 Å². The van der Waals surface area contributed by atoms with Crippen LogP contribution >= 0.6 is 0 Å². The standard InChI is InChI=1S/C102H64N6/c1-2-22-74-73(21-1)77(55-45-65-41-47-67(48-42-65)103-99-57-51-69(105-91-33-13-5-25-79(91)80-26-6-14-34-92(80)105)61-87(99)88-62-70(52-58-100(88)103)106-93-35-15-7-27-81(93)82-28-8-16-36-94(82)106)75-23-3-4-24-76(75)78(74)56-46-66-43-49-68(50-44-66)104-101-59-53-71(107-95-37-17-9-29-83(95)84-30-10-18-38-96(84)107)63-89(101)90-64-72(54-60-102(90)104)108-97-39-19-11-31-85(97)86-32-12-20-40-98(86)108/h1-64H/b55-45+,56-46+. The van der Waals surface area contributed by atoms with Gasteiger partial charge in [0.25, 0.3) is 0 Å². The molecule has 0 aliphatic rings. The molecule has 0 aliphatic carbocycles. The Hall–Kier alpha value is -14.5. The Labute approximate surface area is 620 Å². The summed E-state index contributed by atoms with van der Waals surface area (Å²) in [7, 11) is 0. The highest BCUT2D eigenvalue weighted by molar-refractivity contribution is 6.18. The van der Waals surface area contributed by atoms with Gasteiger partial charge in [0.05, 0.1) is 66.2 Å². The van der Waals surface area contributed by atoms with Crippen molar-refractivity contribution in [3.8, 4) is 34.1 Å². The van der Waals surface area contributed by atoms with Crippen molar-refractivity contribution in [3.05, 3.63) is 386 Å². The predicted molar refractivity (Wildman–Crippen MR) is 458 cm³/mol. The zero-order valence-corrected chi connectivity index (χ0v) is 58.6. The summed E-state index contributed by atoms with van der Waals surface area (Å²) in [4.78, 5) is 0. The van der Waals surface area contributed by atoms with Crippen LogP contribution < -0.4 is 0 Å². The van der Waals surface area contributed by atoms with E-state index in [1.807, 2.05) is 0 Å². The Morgan fingerprint density at radius 2 is 0.296 bits per heavy atom. The third-order valence-corrected chi connectivity index (χ3v) is 23.0. The number of fused-ring (bicyclic) bond motifs is 20. The number of benzene rings is 17. The minimum absolute atomic E-state index is 1.10. The van der Waals surface area contributed by atoms with Crippen molar-refractivity contribution >= 4 is 177 Å². The number of para-hydroxylation sites is 8. The molecule has 0 atom stereocenters. The molecule has 17 aromatic carbocycles. The second kappa shape index (κ2) is 23.5. The van der Waals surface area contributed by atoms with Gasteiger partial charge < -0.3 is 27.4 Å². The minimum atomic E-state index is 1.10. The first kappa shape index (κ1) is 60.0. The summed E-state index contributed by atoms with van der Waals surface area (Å²) < 4.78 is 14.6. The van der Waals surface area contributed by atoms with Gasteiger partial charge in [0.2, 0.25) is 0 Å². The molecule has 6 aromatic heterocycles. The van der Waals surface area contributed by atoms with Gasteiger partial charge in [0.15, 0.2) is 0 Å². The summed E-state index contributed by atoms with van der Waals surface area (Å²) in [6, 6.07) is 134. The van der Waals surface area contributed by atoms with Gasteiger partial charge >= 0.3 is 0 Å². The van der Waals surface area contributed by atoms with Crippen LogP contribution in [0.4, 0.5) is 0 Å². The second-order valence-corrected chi connectivity index (χ2v) is 28.7. The van der Waals surface area contributed by atoms with Crippen LogP contribution in [0.25, 0.3) is 211 Å². The minimum Gasteiger partial charge on any atom is -0.309 e. The Morgan fingerprint density at radius 1 is 0.130 bits per heavy atom. The maximum atomic E-state index is 2.45. The van der Waals surface area contributed by atoms with Crippen LogP contribution in [-0.4, -0.2) is 27.4 Å². The number of hydrogen-bond acceptors (Lipinski definition) is 0. The van der Waals surface area contributed by atoms with Crippen molar-refractivity contribution in [2.75, 3.05) is 0 Å². The molecule has 0 aliphatic heterocycles. The van der Waals surface area contributed by atoms with Crippen molar-refractivity contribution in [2.45, 2.75) is 0 Å². The Kier molecular flexibility index (Phi) is 13.1. The van der Waals surface area contributed by atoms with E-state index in [0.29, 0.717) is 0 Å². The van der Waals surface area contributed by atoms with Gasteiger partial charge in [-0.05, 0) is 189 Å². The van der Waals surface area contributed by atoms with Crippen molar-refractivity contribution in [3.63, 3.8) is 0 Å². The normalized spacial score (nSPS) is 12.4. The molecule has 6 heteroatoms. The first-order valence-corrected chi connectivity index (χ1v) is 37.2. The molecule has 6 heterocycles. The molecule has 0 saturated heterocycles. The fraction of sp³-hybridized carbons (Fsp3) is 0. The highest BCUT2D eigenvalue weighted by Gasteiger charge is 2.23. The van der Waals surface area contributed by atoms with E-state index < -0.39 is 0 Å². The lowest BCUT2D eigenvalue weighted by Gasteiger charge is -2.13. The van der Waals surface area contributed by atoms with Gasteiger partial charge in [-0.2, -0.15) is 0 Å². The SMILES string of the molecule is C(=C\c1c2ccccc2c(/C=C/c2ccc(-n3c4ccc(-n5c6ccccc6c6ccccc65)cc4c4cc(-n5c6ccccc6c6ccccc65)ccc43)cc2)c2ccccc12)/c1ccc(-n2c3ccc(-n4c5ccccc5c5ccccc54)cc3c3cc(-n4c5ccccc5c5ccccc54)ccc32)cc1. The fourth-order valence-electron chi connectivity index (χ4n) is 18.3. The van der Waals surface area contributed by atoms with E-state index in [4.69, 9.17) is 0 Å². The number of rotatable bonds is 10. The van der Waals surface area contributed by atoms with E-state index in [1.54, 1.807) is 0 Å². The predicted octanol–water partition coefficient (Wildman–Crippen LogP) is 26.9. The number of hydrogen-bond donors (Lipinski definition) is 0. The summed E-state index contributed by atoms with van der Waals surface area (Å²) in [5.41, 5.74) is 25.5. The molecule has 502 valence electrons. The van der Waals surface area contributed by atoms with Crippen molar-refractivity contribution in [2.24, 2.45) is 0 Å². The smallest absolute Gasteiger partial charge is 0.0542 e. The van der Waals surface area contributed by atoms with Crippen LogP contribution in [0.15, 0.2) is 364 Å². The zero-order valence-electron chi connectivity index (χ0n) is 58.6. The Bertz CT molecular complexity index is 6720. The Morgan fingerprint density at radius 3 is 0.509 bits per heavy atom. The average Bonchev–Trinajstić information content (AvgIpc) is 1.65.